The van der Waals surface area contributed by atoms with E-state index in [-0.39, 0.29) is 12.5 Å². The van der Waals surface area contributed by atoms with Crippen molar-refractivity contribution in [2.75, 3.05) is 0 Å². The SMILES string of the molecule is CCCCCC(CCCCCCCCCC(=O)O)OC1OC(C)C(O)C(O)C1OC1OC(C)C(OC2OC(C)C(OC3OC(C)C(O)C(O)C3O)C(O)C2O)C(O)C1O. The summed E-state index contributed by atoms with van der Waals surface area (Å²) in [6.07, 6.45) is -17.3. The number of carboxylic acids is 1. The molecule has 19 heteroatoms. The average Bonchev–Trinajstić information content (AvgIpc) is 3.19. The van der Waals surface area contributed by atoms with E-state index in [4.69, 9.17) is 43.0 Å². The lowest BCUT2D eigenvalue weighted by Gasteiger charge is -2.48. The molecule has 0 aliphatic carbocycles. The van der Waals surface area contributed by atoms with Crippen LogP contribution in [0, 0.1) is 0 Å². The zero-order chi connectivity index (χ0) is 43.6. The summed E-state index contributed by atoms with van der Waals surface area (Å²) >= 11 is 0. The molecule has 21 unspecified atom stereocenters. The van der Waals surface area contributed by atoms with Crippen molar-refractivity contribution in [3.8, 4) is 0 Å². The van der Waals surface area contributed by atoms with E-state index < -0.39 is 129 Å². The topological polar surface area (TPSA) is 293 Å². The molecule has 10 N–H and O–H groups in total. The number of ether oxygens (including phenoxy) is 8. The number of rotatable bonds is 22. The van der Waals surface area contributed by atoms with Crippen LogP contribution in [0.5, 0.6) is 0 Å². The monoisotopic (exact) mass is 856 g/mol. The standard InChI is InChI=1S/C40H72O19/c1-6-7-13-16-23(17-14-11-9-8-10-12-15-18-24(41)42)56-40-36(28(46)26(44)20(3)53-40)59-39-33(51)30(48)35(22(5)55-39)58-38-32(50)29(47)34(21(4)54-38)57-37-31(49)27(45)25(43)19(2)52-37/h19-23,25-40,43-51H,6-18H2,1-5H3,(H,41,42). The second-order valence-corrected chi connectivity index (χ2v) is 16.7. The van der Waals surface area contributed by atoms with Gasteiger partial charge in [0.1, 0.15) is 73.2 Å². The first kappa shape index (κ1) is 50.4. The van der Waals surface area contributed by atoms with Gasteiger partial charge in [0, 0.05) is 6.42 Å². The Bertz CT molecular complexity index is 1220. The maximum atomic E-state index is 11.3. The van der Waals surface area contributed by atoms with E-state index in [1.165, 1.54) is 20.8 Å². The quantitative estimate of drug-likeness (QED) is 0.0638. The summed E-state index contributed by atoms with van der Waals surface area (Å²) in [5.74, 6) is -0.776. The third kappa shape index (κ3) is 13.6. The minimum Gasteiger partial charge on any atom is -0.481 e. The molecular formula is C40H72O19. The predicted octanol–water partition coefficient (Wildman–Crippen LogP) is -0.0697. The van der Waals surface area contributed by atoms with Crippen LogP contribution in [-0.4, -0.2) is 186 Å². The van der Waals surface area contributed by atoms with Crippen LogP contribution in [0.3, 0.4) is 0 Å². The summed E-state index contributed by atoms with van der Waals surface area (Å²) in [4.78, 5) is 10.7. The molecule has 59 heavy (non-hydrogen) atoms. The van der Waals surface area contributed by atoms with E-state index >= 15 is 0 Å². The summed E-state index contributed by atoms with van der Waals surface area (Å²) in [6, 6.07) is 0. The third-order valence-electron chi connectivity index (χ3n) is 11.9. The van der Waals surface area contributed by atoms with Gasteiger partial charge in [-0.05, 0) is 47.0 Å². The first-order valence-electron chi connectivity index (χ1n) is 21.5. The molecule has 0 spiro atoms. The zero-order valence-corrected chi connectivity index (χ0v) is 35.0. The van der Waals surface area contributed by atoms with Crippen LogP contribution in [0.2, 0.25) is 0 Å². The van der Waals surface area contributed by atoms with Gasteiger partial charge in [0.15, 0.2) is 25.2 Å². The molecule has 4 aliphatic rings. The molecule has 0 amide bonds. The highest BCUT2D eigenvalue weighted by Crippen LogP contribution is 2.35. The van der Waals surface area contributed by atoms with Crippen molar-refractivity contribution in [1.82, 2.24) is 0 Å². The second-order valence-electron chi connectivity index (χ2n) is 16.7. The number of carboxylic acid groups (broad SMARTS) is 1. The van der Waals surface area contributed by atoms with Crippen molar-refractivity contribution in [2.45, 2.75) is 247 Å². The van der Waals surface area contributed by atoms with Gasteiger partial charge in [-0.25, -0.2) is 0 Å². The molecule has 4 rings (SSSR count). The first-order valence-corrected chi connectivity index (χ1v) is 21.5. The molecule has 4 heterocycles. The van der Waals surface area contributed by atoms with Gasteiger partial charge in [-0.3, -0.25) is 4.79 Å². The van der Waals surface area contributed by atoms with Crippen LogP contribution in [0.25, 0.3) is 0 Å². The van der Waals surface area contributed by atoms with E-state index in [0.717, 1.165) is 64.2 Å². The molecule has 4 aliphatic heterocycles. The summed E-state index contributed by atoms with van der Waals surface area (Å²) in [6.45, 7) is 8.16. The molecule has 4 saturated heterocycles. The van der Waals surface area contributed by atoms with E-state index in [0.29, 0.717) is 12.8 Å². The van der Waals surface area contributed by atoms with Gasteiger partial charge in [0.25, 0.3) is 0 Å². The van der Waals surface area contributed by atoms with Gasteiger partial charge in [-0.15, -0.1) is 0 Å². The average molecular weight is 857 g/mol. The number of aliphatic hydroxyl groups excluding tert-OH is 9. The molecule has 19 nitrogen and oxygen atoms in total. The Hall–Kier alpha value is -1.21. The van der Waals surface area contributed by atoms with Gasteiger partial charge in [-0.2, -0.15) is 0 Å². The Morgan fingerprint density at radius 3 is 1.32 bits per heavy atom. The minimum absolute atomic E-state index is 0.187. The fourth-order valence-electron chi connectivity index (χ4n) is 8.08. The molecule has 0 radical (unpaired) electrons. The largest absolute Gasteiger partial charge is 0.481 e. The lowest BCUT2D eigenvalue weighted by molar-refractivity contribution is -0.387. The fourth-order valence-corrected chi connectivity index (χ4v) is 8.08. The van der Waals surface area contributed by atoms with Gasteiger partial charge >= 0.3 is 5.97 Å². The summed E-state index contributed by atoms with van der Waals surface area (Å²) in [7, 11) is 0. The normalized spacial score (nSPS) is 43.7. The van der Waals surface area contributed by atoms with Crippen molar-refractivity contribution in [3.05, 3.63) is 0 Å². The number of unbranched alkanes of at least 4 members (excludes halogenated alkanes) is 8. The lowest BCUT2D eigenvalue weighted by atomic mass is 9.96. The third-order valence-corrected chi connectivity index (χ3v) is 11.9. The first-order chi connectivity index (χ1) is 28.0. The molecule has 0 aromatic heterocycles. The van der Waals surface area contributed by atoms with Crippen LogP contribution in [0.1, 0.15) is 118 Å². The number of hydrogen-bond acceptors (Lipinski definition) is 18. The van der Waals surface area contributed by atoms with Crippen LogP contribution in [0.15, 0.2) is 0 Å². The summed E-state index contributed by atoms with van der Waals surface area (Å²) < 4.78 is 47.4. The predicted molar refractivity (Wildman–Crippen MR) is 204 cm³/mol. The van der Waals surface area contributed by atoms with Crippen LogP contribution in [0.4, 0.5) is 0 Å². The number of hydrogen-bond donors (Lipinski definition) is 10. The van der Waals surface area contributed by atoms with E-state index in [1.807, 2.05) is 0 Å². The Labute approximate surface area is 346 Å². The Kier molecular flexibility index (Phi) is 20.5. The maximum Gasteiger partial charge on any atom is 0.303 e. The van der Waals surface area contributed by atoms with Gasteiger partial charge in [0.2, 0.25) is 0 Å². The van der Waals surface area contributed by atoms with E-state index in [1.54, 1.807) is 6.92 Å². The Morgan fingerprint density at radius 2 is 0.831 bits per heavy atom. The van der Waals surface area contributed by atoms with Crippen LogP contribution in [-0.2, 0) is 42.7 Å². The number of aliphatic hydroxyl groups is 9. The number of carbonyl (C=O) groups is 1. The molecule has 21 atom stereocenters. The molecule has 0 aromatic rings. The number of aliphatic carboxylic acids is 1. The lowest BCUT2D eigenvalue weighted by Crippen LogP contribution is -2.66. The van der Waals surface area contributed by atoms with Crippen molar-refractivity contribution in [1.29, 1.82) is 0 Å². The van der Waals surface area contributed by atoms with E-state index in [9.17, 15) is 50.8 Å². The molecule has 0 bridgehead atoms. The second kappa shape index (κ2) is 24.0. The van der Waals surface area contributed by atoms with Gasteiger partial charge < -0.3 is 89.0 Å². The molecule has 0 saturated carbocycles. The van der Waals surface area contributed by atoms with Crippen molar-refractivity contribution in [2.24, 2.45) is 0 Å². The van der Waals surface area contributed by atoms with E-state index in [2.05, 4.69) is 6.92 Å². The van der Waals surface area contributed by atoms with Crippen LogP contribution >= 0.6 is 0 Å². The van der Waals surface area contributed by atoms with Crippen molar-refractivity contribution in [3.63, 3.8) is 0 Å². The Morgan fingerprint density at radius 1 is 0.458 bits per heavy atom. The zero-order valence-electron chi connectivity index (χ0n) is 35.0. The maximum absolute atomic E-state index is 11.3. The summed E-state index contributed by atoms with van der Waals surface area (Å²) in [5, 5.41) is 106. The summed E-state index contributed by atoms with van der Waals surface area (Å²) in [5.41, 5.74) is 0. The van der Waals surface area contributed by atoms with Crippen LogP contribution < -0.4 is 0 Å². The fraction of sp³-hybridized carbons (Fsp3) is 0.975. The van der Waals surface area contributed by atoms with Gasteiger partial charge in [-0.1, -0.05) is 64.7 Å². The highest BCUT2D eigenvalue weighted by Gasteiger charge is 2.54. The molecule has 346 valence electrons. The minimum atomic E-state index is -1.78. The smallest absolute Gasteiger partial charge is 0.303 e. The van der Waals surface area contributed by atoms with Crippen molar-refractivity contribution < 1.29 is 93.8 Å². The molecule has 4 fully saturated rings. The van der Waals surface area contributed by atoms with Gasteiger partial charge in [0.05, 0.1) is 30.5 Å². The highest BCUT2D eigenvalue weighted by molar-refractivity contribution is 5.66. The molecular weight excluding hydrogens is 784 g/mol. The van der Waals surface area contributed by atoms with Crippen molar-refractivity contribution >= 4 is 5.97 Å². The highest BCUT2D eigenvalue weighted by atomic mass is 16.8. The Balaban J connectivity index is 1.35. The molecule has 0 aromatic carbocycles.